The smallest absolute Gasteiger partial charge is 0.328 e. The summed E-state index contributed by atoms with van der Waals surface area (Å²) in [6.07, 6.45) is 1.27. The molecule has 2 amide bonds. The van der Waals surface area contributed by atoms with Crippen LogP contribution in [0.1, 0.15) is 74.7 Å². The number of amides is 2. The zero-order valence-electron chi connectivity index (χ0n) is 28.6. The molecule has 0 radical (unpaired) electrons. The van der Waals surface area contributed by atoms with E-state index < -0.39 is 29.9 Å². The number of nitrogens with one attached hydrogen (secondary N) is 2. The van der Waals surface area contributed by atoms with Crippen LogP contribution in [0.5, 0.6) is 0 Å². The topological polar surface area (TPSA) is 136 Å². The Bertz CT molecular complexity index is 1540. The summed E-state index contributed by atoms with van der Waals surface area (Å²) >= 11 is 0. The number of esters is 2. The van der Waals surface area contributed by atoms with Crippen molar-refractivity contribution in [2.75, 3.05) is 25.5 Å². The summed E-state index contributed by atoms with van der Waals surface area (Å²) in [6, 6.07) is 22.5. The average molecular weight is 674 g/mol. The summed E-state index contributed by atoms with van der Waals surface area (Å²) in [5.41, 5.74) is 3.38. The van der Waals surface area contributed by atoms with E-state index in [0.717, 1.165) is 41.6 Å². The van der Waals surface area contributed by atoms with Gasteiger partial charge in [-0.3, -0.25) is 9.69 Å². The quantitative estimate of drug-likeness (QED) is 0.228. The molecule has 5 rings (SSSR count). The minimum Gasteiger partial charge on any atom is -0.467 e. The lowest BCUT2D eigenvalue weighted by Gasteiger charge is -2.38. The van der Waals surface area contributed by atoms with Crippen LogP contribution in [0, 0.1) is 0 Å². The molecule has 11 heteroatoms. The van der Waals surface area contributed by atoms with Gasteiger partial charge in [0.15, 0.2) is 6.29 Å². The van der Waals surface area contributed by atoms with E-state index in [4.69, 9.17) is 18.9 Å². The van der Waals surface area contributed by atoms with Crippen LogP contribution in [0.4, 0.5) is 10.5 Å². The fraction of sp³-hybridized carbons (Fsp3) is 0.447. The Labute approximate surface area is 287 Å². The van der Waals surface area contributed by atoms with Crippen molar-refractivity contribution in [1.82, 2.24) is 10.2 Å². The number of aliphatic hydroxyl groups excluding tert-OH is 1. The third-order valence-electron chi connectivity index (χ3n) is 8.61. The highest BCUT2D eigenvalue weighted by molar-refractivity contribution is 5.92. The van der Waals surface area contributed by atoms with E-state index in [1.54, 1.807) is 12.1 Å². The van der Waals surface area contributed by atoms with Gasteiger partial charge in [-0.2, -0.15) is 0 Å². The second kappa shape index (κ2) is 16.4. The highest BCUT2D eigenvalue weighted by Crippen LogP contribution is 2.39. The van der Waals surface area contributed by atoms with Crippen molar-refractivity contribution in [3.8, 4) is 0 Å². The molecule has 3 aromatic carbocycles. The predicted molar refractivity (Wildman–Crippen MR) is 183 cm³/mol. The Morgan fingerprint density at radius 1 is 0.939 bits per heavy atom. The first kappa shape index (κ1) is 36.0. The van der Waals surface area contributed by atoms with Gasteiger partial charge in [-0.25, -0.2) is 9.59 Å². The van der Waals surface area contributed by atoms with Crippen molar-refractivity contribution in [2.45, 2.75) is 89.2 Å². The molecule has 5 atom stereocenters. The van der Waals surface area contributed by atoms with Gasteiger partial charge in [0.1, 0.15) is 17.7 Å². The molecule has 0 saturated carbocycles. The lowest BCUT2D eigenvalue weighted by Crippen LogP contribution is -2.45. The maximum atomic E-state index is 13.0. The predicted octanol–water partition coefficient (Wildman–Crippen LogP) is 5.44. The first-order chi connectivity index (χ1) is 23.5. The molecule has 49 heavy (non-hydrogen) atoms. The number of hydrogen-bond acceptors (Lipinski definition) is 9. The van der Waals surface area contributed by atoms with Gasteiger partial charge in [0.05, 0.1) is 25.9 Å². The van der Waals surface area contributed by atoms with Crippen LogP contribution in [0.3, 0.4) is 0 Å². The fourth-order valence-corrected chi connectivity index (χ4v) is 6.21. The molecule has 3 N–H and O–H groups in total. The molecule has 0 aromatic heterocycles. The van der Waals surface area contributed by atoms with Gasteiger partial charge in [0.25, 0.3) is 0 Å². The molecular formula is C38H47N3O8. The number of anilines is 1. The van der Waals surface area contributed by atoms with Crippen LogP contribution in [0.25, 0.3) is 0 Å². The minimum atomic E-state index is -0.860. The Balaban J connectivity index is 1.27. The van der Waals surface area contributed by atoms with Gasteiger partial charge in [-0.15, -0.1) is 0 Å². The van der Waals surface area contributed by atoms with Gasteiger partial charge in [0.2, 0.25) is 0 Å². The van der Waals surface area contributed by atoms with Crippen molar-refractivity contribution >= 4 is 23.7 Å². The summed E-state index contributed by atoms with van der Waals surface area (Å²) in [5.74, 6) is -0.753. The van der Waals surface area contributed by atoms with Gasteiger partial charge in [-0.05, 0) is 69.0 Å². The number of urea groups is 1. The largest absolute Gasteiger partial charge is 0.467 e. The van der Waals surface area contributed by atoms with E-state index in [9.17, 15) is 19.5 Å². The minimum absolute atomic E-state index is 0.0457. The first-order valence-corrected chi connectivity index (χ1v) is 16.8. The number of methoxy groups -OCH3 is 1. The van der Waals surface area contributed by atoms with Crippen molar-refractivity contribution in [1.29, 1.82) is 0 Å². The van der Waals surface area contributed by atoms with Crippen molar-refractivity contribution in [3.63, 3.8) is 0 Å². The summed E-state index contributed by atoms with van der Waals surface area (Å²) in [6.45, 7) is 6.90. The summed E-state index contributed by atoms with van der Waals surface area (Å²) < 4.78 is 23.6. The summed E-state index contributed by atoms with van der Waals surface area (Å²) in [4.78, 5) is 40.5. The Morgan fingerprint density at radius 2 is 1.63 bits per heavy atom. The lowest BCUT2D eigenvalue weighted by atomic mass is 9.99. The second-order valence-electron chi connectivity index (χ2n) is 13.5. The number of carbonyl (C=O) groups excluding carboxylic acids is 3. The van der Waals surface area contributed by atoms with Crippen LogP contribution >= 0.6 is 0 Å². The van der Waals surface area contributed by atoms with E-state index in [2.05, 4.69) is 15.5 Å². The molecule has 0 aliphatic carbocycles. The van der Waals surface area contributed by atoms with Crippen molar-refractivity contribution in [3.05, 3.63) is 101 Å². The molecule has 2 aliphatic heterocycles. The number of hydrogen-bond donors (Lipinski definition) is 3. The monoisotopic (exact) mass is 673 g/mol. The second-order valence-corrected chi connectivity index (χ2v) is 13.5. The summed E-state index contributed by atoms with van der Waals surface area (Å²) in [5, 5.41) is 15.0. The zero-order valence-corrected chi connectivity index (χ0v) is 28.6. The highest BCUT2D eigenvalue weighted by atomic mass is 16.7. The van der Waals surface area contributed by atoms with E-state index in [1.165, 1.54) is 7.11 Å². The van der Waals surface area contributed by atoms with Crippen LogP contribution in [0.2, 0.25) is 0 Å². The Morgan fingerprint density at radius 3 is 2.29 bits per heavy atom. The number of aliphatic hydroxyl groups is 1. The SMILES string of the molecule is COC(=O)[C@H](Cc1ccccc1)NC(=O)Nc1ccc([C@@H]2O[C@H](CN3CCC[C@H]3C(=O)OC(C)(C)C)C[C@H](c3ccc(CO)cc3)O2)cc1. The molecule has 2 saturated heterocycles. The number of likely N-dealkylation sites (tertiary alicyclic amines) is 1. The van der Waals surface area contributed by atoms with Gasteiger partial charge < -0.3 is 34.7 Å². The number of carbonyl (C=O) groups is 3. The number of benzene rings is 3. The summed E-state index contributed by atoms with van der Waals surface area (Å²) in [7, 11) is 1.29. The molecule has 262 valence electrons. The number of ether oxygens (including phenoxy) is 4. The van der Waals surface area contributed by atoms with Crippen LogP contribution in [-0.4, -0.2) is 72.0 Å². The molecule has 3 aromatic rings. The Kier molecular flexibility index (Phi) is 12.1. The molecule has 0 unspecified atom stereocenters. The molecule has 2 aliphatic rings. The molecule has 0 bridgehead atoms. The molecule has 0 spiro atoms. The molecule has 2 heterocycles. The highest BCUT2D eigenvalue weighted by Gasteiger charge is 2.39. The van der Waals surface area contributed by atoms with Gasteiger partial charge in [-0.1, -0.05) is 66.7 Å². The van der Waals surface area contributed by atoms with Gasteiger partial charge >= 0.3 is 18.0 Å². The third-order valence-corrected chi connectivity index (χ3v) is 8.61. The fourth-order valence-electron chi connectivity index (χ4n) is 6.21. The van der Waals surface area contributed by atoms with Crippen molar-refractivity contribution in [2.24, 2.45) is 0 Å². The zero-order chi connectivity index (χ0) is 35.0. The first-order valence-electron chi connectivity index (χ1n) is 16.8. The third kappa shape index (κ3) is 10.1. The Hall–Kier alpha value is -4.29. The van der Waals surface area contributed by atoms with E-state index in [-0.39, 0.29) is 37.2 Å². The van der Waals surface area contributed by atoms with E-state index in [0.29, 0.717) is 18.7 Å². The van der Waals surface area contributed by atoms with Crippen LogP contribution < -0.4 is 10.6 Å². The van der Waals surface area contributed by atoms with Crippen LogP contribution in [-0.2, 0) is 41.6 Å². The molecule has 11 nitrogen and oxygen atoms in total. The van der Waals surface area contributed by atoms with Gasteiger partial charge in [0, 0.05) is 30.6 Å². The van der Waals surface area contributed by atoms with E-state index >= 15 is 0 Å². The average Bonchev–Trinajstić information content (AvgIpc) is 3.56. The van der Waals surface area contributed by atoms with Crippen molar-refractivity contribution < 1.29 is 38.4 Å². The van der Waals surface area contributed by atoms with E-state index in [1.807, 2.05) is 87.5 Å². The maximum Gasteiger partial charge on any atom is 0.328 e. The number of rotatable bonds is 11. The normalized spacial score (nSPS) is 21.8. The number of nitrogens with zero attached hydrogens (tertiary/aromatic N) is 1. The maximum absolute atomic E-state index is 13.0. The van der Waals surface area contributed by atoms with Crippen LogP contribution in [0.15, 0.2) is 78.9 Å². The molecular weight excluding hydrogens is 626 g/mol. The lowest BCUT2D eigenvalue weighted by molar-refractivity contribution is -0.253. The standard InChI is InChI=1S/C38H47N3O8/c1-38(2,3)49-35(44)32-11-8-20-41(32)23-30-22-33(27-14-12-26(24-42)13-15-27)48-36(47-30)28-16-18-29(19-17-28)39-37(45)40-31(34(43)46-4)21-25-9-6-5-7-10-25/h5-7,9-10,12-19,30-33,36,42H,8,11,20-24H2,1-4H3,(H2,39,40,45)/t30-,31-,32-,33+,36+/m0/s1. The molecule has 2 fully saturated rings.